The maximum absolute atomic E-state index is 14.1. The Morgan fingerprint density at radius 3 is 2.16 bits per heavy atom. The van der Waals surface area contributed by atoms with E-state index in [9.17, 15) is 24.0 Å². The molecule has 2 heterocycles. The van der Waals surface area contributed by atoms with Crippen molar-refractivity contribution in [2.24, 2.45) is 22.7 Å². The van der Waals surface area contributed by atoms with Gasteiger partial charge in [0.1, 0.15) is 30.0 Å². The van der Waals surface area contributed by atoms with Crippen LogP contribution in [-0.4, -0.2) is 84.6 Å². The lowest BCUT2D eigenvalue weighted by molar-refractivity contribution is -0.223. The maximum Gasteiger partial charge on any atom is 0.340 e. The number of rotatable bonds is 10. The number of aromatic nitrogens is 1. The molecular formula is C42H52N2O11. The fourth-order valence-corrected chi connectivity index (χ4v) is 9.92. The van der Waals surface area contributed by atoms with Gasteiger partial charge in [-0.2, -0.15) is 0 Å². The molecule has 2 saturated carbocycles. The lowest BCUT2D eigenvalue weighted by Gasteiger charge is -2.61. The second-order valence-corrected chi connectivity index (χ2v) is 16.1. The first-order chi connectivity index (χ1) is 26.0. The molecule has 2 bridgehead atoms. The second kappa shape index (κ2) is 15.5. The van der Waals surface area contributed by atoms with Gasteiger partial charge in [-0.1, -0.05) is 51.1 Å². The van der Waals surface area contributed by atoms with Crippen molar-refractivity contribution in [1.29, 1.82) is 0 Å². The van der Waals surface area contributed by atoms with Crippen LogP contribution in [0.4, 0.5) is 0 Å². The van der Waals surface area contributed by atoms with Crippen LogP contribution in [0.1, 0.15) is 96.1 Å². The number of pyridine rings is 1. The quantitative estimate of drug-likeness (QED) is 0.145. The van der Waals surface area contributed by atoms with Crippen LogP contribution in [0.5, 0.6) is 0 Å². The van der Waals surface area contributed by atoms with Crippen molar-refractivity contribution in [1.82, 2.24) is 10.3 Å². The van der Waals surface area contributed by atoms with Gasteiger partial charge in [-0.25, -0.2) is 4.79 Å². The van der Waals surface area contributed by atoms with Gasteiger partial charge in [0, 0.05) is 56.5 Å². The first-order valence-electron chi connectivity index (χ1n) is 18.9. The molecule has 1 aromatic carbocycles. The highest BCUT2D eigenvalue weighted by atomic mass is 16.6. The average Bonchev–Trinajstić information content (AvgIpc) is 3.91. The smallest absolute Gasteiger partial charge is 0.340 e. The molecule has 13 heteroatoms. The first kappa shape index (κ1) is 40.1. The first-order valence-corrected chi connectivity index (χ1v) is 18.9. The van der Waals surface area contributed by atoms with E-state index in [1.54, 1.807) is 25.4 Å². The fourth-order valence-electron chi connectivity index (χ4n) is 9.92. The molecule has 1 spiro atoms. The van der Waals surface area contributed by atoms with Gasteiger partial charge in [0.2, 0.25) is 0 Å². The van der Waals surface area contributed by atoms with E-state index in [0.29, 0.717) is 24.0 Å². The zero-order valence-electron chi connectivity index (χ0n) is 32.8. The van der Waals surface area contributed by atoms with Gasteiger partial charge in [-0.15, -0.1) is 0 Å². The van der Waals surface area contributed by atoms with Crippen LogP contribution in [0.25, 0.3) is 0 Å². The lowest BCUT2D eigenvalue weighted by Crippen LogP contribution is -2.68. The van der Waals surface area contributed by atoms with Gasteiger partial charge >= 0.3 is 29.8 Å². The summed E-state index contributed by atoms with van der Waals surface area (Å²) in [5, 5.41) is 3.21. The van der Waals surface area contributed by atoms with Crippen LogP contribution in [-0.2, 0) is 47.6 Å². The highest BCUT2D eigenvalue weighted by molar-refractivity contribution is 5.89. The number of fused-ring (bicyclic) bond motifs is 4. The number of nitrogens with zero attached hydrogens (tertiary/aromatic N) is 1. The standard InChI is InChI=1S/C42H52N2O11/c1-23-31(51-24(2)45)19-29-35(52-25(3)46)37-41(7,17-16-32(42(37)22-50-42)54-33(48)20-30(43-8)27-13-10-9-11-14-27)38(55-39(49)28-15-12-18-44-21-28)36(53-26(4)47)34(23)40(29,5)6/h9-15,18,21,29-32,35-38,43H,16-17,19-20,22H2,1-8H3/t29-,30-,31+,32-,35+,36+,37+,38-,41-,42+/m1/s1. The summed E-state index contributed by atoms with van der Waals surface area (Å²) in [6, 6.07) is 12.5. The van der Waals surface area contributed by atoms with Gasteiger partial charge in [-0.05, 0) is 67.5 Å². The Labute approximate surface area is 321 Å². The Morgan fingerprint density at radius 2 is 1.58 bits per heavy atom. The molecule has 55 heavy (non-hydrogen) atoms. The molecule has 1 aromatic heterocycles. The van der Waals surface area contributed by atoms with E-state index in [0.717, 1.165) is 5.56 Å². The van der Waals surface area contributed by atoms with Crippen LogP contribution in [0, 0.1) is 22.7 Å². The van der Waals surface area contributed by atoms with E-state index >= 15 is 0 Å². The number of benzene rings is 1. The third-order valence-corrected chi connectivity index (χ3v) is 12.4. The fraction of sp³-hybridized carbons (Fsp3) is 0.571. The zero-order chi connectivity index (χ0) is 39.9. The molecule has 0 amide bonds. The number of nitrogens with one attached hydrogen (secondary N) is 1. The molecule has 10 atom stereocenters. The Hall–Kier alpha value is -4.62. The molecular weight excluding hydrogens is 708 g/mol. The minimum Gasteiger partial charge on any atom is -0.462 e. The number of hydrogen-bond donors (Lipinski definition) is 1. The highest BCUT2D eigenvalue weighted by Gasteiger charge is 2.75. The van der Waals surface area contributed by atoms with Crippen LogP contribution in [0.2, 0.25) is 0 Å². The summed E-state index contributed by atoms with van der Waals surface area (Å²) in [6.07, 6.45) is -0.854. The van der Waals surface area contributed by atoms with Gasteiger partial charge in [0.05, 0.1) is 18.6 Å². The number of epoxide rings is 1. The number of esters is 5. The molecule has 0 unspecified atom stereocenters. The Kier molecular flexibility index (Phi) is 11.3. The lowest BCUT2D eigenvalue weighted by atomic mass is 9.48. The molecule has 1 N–H and O–H groups in total. The van der Waals surface area contributed by atoms with Crippen molar-refractivity contribution in [2.75, 3.05) is 13.7 Å². The second-order valence-electron chi connectivity index (χ2n) is 16.1. The summed E-state index contributed by atoms with van der Waals surface area (Å²) in [5.41, 5.74) is -0.743. The average molecular weight is 761 g/mol. The Bertz CT molecular complexity index is 1820. The number of ether oxygens (including phenoxy) is 6. The van der Waals surface area contributed by atoms with E-state index in [2.05, 4.69) is 10.3 Å². The SMILES string of the molecule is CN[C@H](CC(=O)O[C@@H]1CC[C@@]2(C)[C@H](OC(=O)c3cccnc3)[C@@H](OC(C)=O)C3=C(C)[C@@H](OC(C)=O)C[C@H]([C@H](OC(C)=O)[C@@H]2[C@]12CO2)C3(C)C)c1ccccc1. The molecule has 4 aliphatic rings. The van der Waals surface area contributed by atoms with Crippen molar-refractivity contribution >= 4 is 29.8 Å². The molecule has 6 rings (SSSR count). The minimum absolute atomic E-state index is 0.0510. The van der Waals surface area contributed by atoms with Crippen molar-refractivity contribution in [3.8, 4) is 0 Å². The van der Waals surface area contributed by atoms with E-state index < -0.39 is 88.6 Å². The van der Waals surface area contributed by atoms with Gasteiger partial charge in [0.15, 0.2) is 6.10 Å². The van der Waals surface area contributed by atoms with E-state index in [1.807, 2.05) is 58.0 Å². The molecule has 296 valence electrons. The predicted octanol–water partition coefficient (Wildman–Crippen LogP) is 5.23. The molecule has 3 fully saturated rings. The number of hydrogen-bond acceptors (Lipinski definition) is 13. The van der Waals surface area contributed by atoms with E-state index in [-0.39, 0.29) is 31.1 Å². The normalized spacial score (nSPS) is 32.5. The van der Waals surface area contributed by atoms with Crippen LogP contribution in [0.3, 0.4) is 0 Å². The summed E-state index contributed by atoms with van der Waals surface area (Å²) >= 11 is 0. The van der Waals surface area contributed by atoms with Gasteiger partial charge in [-0.3, -0.25) is 24.2 Å². The van der Waals surface area contributed by atoms with Gasteiger partial charge in [0.25, 0.3) is 0 Å². The molecule has 13 nitrogen and oxygen atoms in total. The highest BCUT2D eigenvalue weighted by Crippen LogP contribution is 2.65. The molecule has 2 aromatic rings. The minimum atomic E-state index is -1.17. The molecule has 0 radical (unpaired) electrons. The summed E-state index contributed by atoms with van der Waals surface area (Å²) in [6.45, 7) is 11.8. The maximum atomic E-state index is 14.1. The van der Waals surface area contributed by atoms with Crippen molar-refractivity contribution in [3.05, 3.63) is 77.1 Å². The number of carbonyl (C=O) groups is 5. The van der Waals surface area contributed by atoms with Gasteiger partial charge < -0.3 is 33.7 Å². The third-order valence-electron chi connectivity index (χ3n) is 12.4. The number of carbonyl (C=O) groups excluding carboxylic acids is 5. The van der Waals surface area contributed by atoms with Crippen molar-refractivity contribution in [3.63, 3.8) is 0 Å². The zero-order valence-corrected chi connectivity index (χ0v) is 32.8. The molecule has 3 aliphatic carbocycles. The summed E-state index contributed by atoms with van der Waals surface area (Å²) < 4.78 is 37.9. The largest absolute Gasteiger partial charge is 0.462 e. The topological polar surface area (TPSA) is 169 Å². The summed E-state index contributed by atoms with van der Waals surface area (Å²) in [5.74, 6) is -4.07. The van der Waals surface area contributed by atoms with Crippen LogP contribution >= 0.6 is 0 Å². The van der Waals surface area contributed by atoms with E-state index in [4.69, 9.17) is 28.4 Å². The van der Waals surface area contributed by atoms with Crippen LogP contribution in [0.15, 0.2) is 66.0 Å². The monoisotopic (exact) mass is 760 g/mol. The van der Waals surface area contributed by atoms with Crippen molar-refractivity contribution in [2.45, 2.75) is 116 Å². The summed E-state index contributed by atoms with van der Waals surface area (Å²) in [7, 11) is 1.78. The Morgan fingerprint density at radius 1 is 0.909 bits per heavy atom. The Balaban J connectivity index is 1.51. The van der Waals surface area contributed by atoms with Crippen molar-refractivity contribution < 1.29 is 52.4 Å². The molecule has 1 aliphatic heterocycles. The molecule has 1 saturated heterocycles. The predicted molar refractivity (Wildman–Crippen MR) is 197 cm³/mol. The summed E-state index contributed by atoms with van der Waals surface area (Å²) in [4.78, 5) is 70.9. The van der Waals surface area contributed by atoms with E-state index in [1.165, 1.54) is 27.0 Å². The van der Waals surface area contributed by atoms with Crippen LogP contribution < -0.4 is 5.32 Å². The third kappa shape index (κ3) is 7.65.